The number of halogens is 1. The summed E-state index contributed by atoms with van der Waals surface area (Å²) in [5, 5.41) is 6.26. The molecule has 1 aromatic rings. The molecule has 1 N–H and O–H groups in total. The zero-order chi connectivity index (χ0) is 7.68. The molecule has 0 aromatic carbocycles. The summed E-state index contributed by atoms with van der Waals surface area (Å²) in [4.78, 5) is 1.35. The molecule has 1 saturated heterocycles. The van der Waals surface area contributed by atoms with E-state index in [-0.39, 0.29) is 0 Å². The van der Waals surface area contributed by atoms with Gasteiger partial charge in [0, 0.05) is 4.88 Å². The van der Waals surface area contributed by atoms with Crippen molar-refractivity contribution in [3.63, 3.8) is 0 Å². The molecule has 1 aliphatic rings. The van der Waals surface area contributed by atoms with Crippen molar-refractivity contribution in [2.24, 2.45) is 5.92 Å². The summed E-state index contributed by atoms with van der Waals surface area (Å²) in [6, 6.07) is 1.98. The molecule has 0 unspecified atom stereocenters. The molecule has 1 fully saturated rings. The number of nitrogens with one attached hydrogen (secondary N) is 1. The highest BCUT2D eigenvalue weighted by Crippen LogP contribution is 2.25. The first-order chi connectivity index (χ1) is 5.36. The second-order valence-electron chi connectivity index (χ2n) is 2.92. The predicted molar refractivity (Wildman–Crippen MR) is 49.4 cm³/mol. The van der Waals surface area contributed by atoms with E-state index in [0.717, 1.165) is 30.5 Å². The molecule has 11 heavy (non-hydrogen) atoms. The number of thiophene rings is 1. The molecule has 0 spiro atoms. The Kier molecular flexibility index (Phi) is 2.16. The first-order valence-electron chi connectivity index (χ1n) is 3.79. The zero-order valence-corrected chi connectivity index (χ0v) is 7.71. The minimum Gasteiger partial charge on any atom is -0.316 e. The van der Waals surface area contributed by atoms with E-state index in [9.17, 15) is 0 Å². The molecule has 1 aromatic heterocycles. The highest BCUT2D eigenvalue weighted by atomic mass is 35.5. The number of hydrogen-bond donors (Lipinski definition) is 1. The molecular weight excluding hydrogens is 178 g/mol. The Labute approximate surface area is 75.4 Å². The maximum atomic E-state index is 5.95. The average molecular weight is 188 g/mol. The van der Waals surface area contributed by atoms with Gasteiger partial charge in [-0.15, -0.1) is 11.3 Å². The molecule has 0 atom stereocenters. The average Bonchev–Trinajstić information content (AvgIpc) is 2.27. The predicted octanol–water partition coefficient (Wildman–Crippen LogP) is 2.16. The van der Waals surface area contributed by atoms with Gasteiger partial charge in [0.2, 0.25) is 0 Å². The maximum Gasteiger partial charge on any atom is 0.0545 e. The van der Waals surface area contributed by atoms with Crippen LogP contribution in [0.25, 0.3) is 0 Å². The highest BCUT2D eigenvalue weighted by Gasteiger charge is 2.18. The van der Waals surface area contributed by atoms with Gasteiger partial charge in [0.15, 0.2) is 0 Å². The molecule has 2 rings (SSSR count). The molecular formula is C8H10ClNS. The van der Waals surface area contributed by atoms with Gasteiger partial charge >= 0.3 is 0 Å². The molecule has 0 aliphatic carbocycles. The molecule has 0 bridgehead atoms. The van der Waals surface area contributed by atoms with Crippen LogP contribution in [-0.2, 0) is 6.42 Å². The van der Waals surface area contributed by atoms with Crippen molar-refractivity contribution in [1.29, 1.82) is 0 Å². The van der Waals surface area contributed by atoms with Crippen LogP contribution >= 0.6 is 22.9 Å². The normalized spacial score (nSPS) is 18.3. The Bertz CT molecular complexity index is 242. The molecule has 0 radical (unpaired) electrons. The molecule has 1 nitrogen and oxygen atoms in total. The minimum atomic E-state index is 0.825. The Morgan fingerprint density at radius 1 is 1.64 bits per heavy atom. The number of rotatable bonds is 2. The summed E-state index contributed by atoms with van der Waals surface area (Å²) >= 11 is 7.72. The van der Waals surface area contributed by atoms with Crippen molar-refractivity contribution in [1.82, 2.24) is 5.32 Å². The van der Waals surface area contributed by atoms with E-state index in [4.69, 9.17) is 11.6 Å². The third-order valence-corrected chi connectivity index (χ3v) is 3.44. The van der Waals surface area contributed by atoms with Crippen LogP contribution in [0, 0.1) is 5.92 Å². The van der Waals surface area contributed by atoms with Gasteiger partial charge in [0.1, 0.15) is 0 Å². The zero-order valence-electron chi connectivity index (χ0n) is 6.14. The SMILES string of the molecule is Clc1ccsc1CC1CNC1. The van der Waals surface area contributed by atoms with Crippen LogP contribution < -0.4 is 5.32 Å². The highest BCUT2D eigenvalue weighted by molar-refractivity contribution is 7.10. The first kappa shape index (κ1) is 7.59. The molecule has 60 valence electrons. The second kappa shape index (κ2) is 3.13. The summed E-state index contributed by atoms with van der Waals surface area (Å²) in [6.45, 7) is 2.32. The summed E-state index contributed by atoms with van der Waals surface area (Å²) in [5.74, 6) is 0.825. The van der Waals surface area contributed by atoms with E-state index in [1.54, 1.807) is 11.3 Å². The van der Waals surface area contributed by atoms with Crippen LogP contribution in [0.4, 0.5) is 0 Å². The van der Waals surface area contributed by atoms with E-state index in [1.165, 1.54) is 4.88 Å². The lowest BCUT2D eigenvalue weighted by Gasteiger charge is -2.26. The standard InChI is InChI=1S/C8H10ClNS/c9-7-1-2-11-8(7)3-6-4-10-5-6/h1-2,6,10H,3-5H2. The lowest BCUT2D eigenvalue weighted by atomic mass is 9.99. The fourth-order valence-corrected chi connectivity index (χ4v) is 2.46. The van der Waals surface area contributed by atoms with Crippen molar-refractivity contribution >= 4 is 22.9 Å². The van der Waals surface area contributed by atoms with Gasteiger partial charge in [0.25, 0.3) is 0 Å². The van der Waals surface area contributed by atoms with Crippen LogP contribution in [0.15, 0.2) is 11.4 Å². The third-order valence-electron chi connectivity index (χ3n) is 2.03. The van der Waals surface area contributed by atoms with Crippen molar-refractivity contribution in [3.05, 3.63) is 21.3 Å². The molecule has 1 aliphatic heterocycles. The molecule has 0 amide bonds. The molecule has 0 saturated carbocycles. The first-order valence-corrected chi connectivity index (χ1v) is 5.04. The van der Waals surface area contributed by atoms with E-state index in [0.29, 0.717) is 0 Å². The lowest BCUT2D eigenvalue weighted by Crippen LogP contribution is -2.42. The summed E-state index contributed by atoms with van der Waals surface area (Å²) in [5.41, 5.74) is 0. The quantitative estimate of drug-likeness (QED) is 0.749. The third kappa shape index (κ3) is 1.58. The summed E-state index contributed by atoms with van der Waals surface area (Å²) < 4.78 is 0. The minimum absolute atomic E-state index is 0.825. The Morgan fingerprint density at radius 3 is 2.91 bits per heavy atom. The van der Waals surface area contributed by atoms with Gasteiger partial charge in [0.05, 0.1) is 5.02 Å². The van der Waals surface area contributed by atoms with Crippen molar-refractivity contribution in [2.45, 2.75) is 6.42 Å². The van der Waals surface area contributed by atoms with Crippen LogP contribution in [0.3, 0.4) is 0 Å². The van der Waals surface area contributed by atoms with E-state index in [1.807, 2.05) is 6.07 Å². The van der Waals surface area contributed by atoms with E-state index < -0.39 is 0 Å². The Balaban J connectivity index is 1.99. The van der Waals surface area contributed by atoms with Gasteiger partial charge < -0.3 is 5.32 Å². The van der Waals surface area contributed by atoms with Gasteiger partial charge in [-0.05, 0) is 36.9 Å². The summed E-state index contributed by atoms with van der Waals surface area (Å²) in [7, 11) is 0. The van der Waals surface area contributed by atoms with E-state index in [2.05, 4.69) is 10.7 Å². The lowest BCUT2D eigenvalue weighted by molar-refractivity contribution is 0.348. The van der Waals surface area contributed by atoms with Crippen molar-refractivity contribution in [2.75, 3.05) is 13.1 Å². The molecule has 3 heteroatoms. The van der Waals surface area contributed by atoms with Crippen LogP contribution in [0.5, 0.6) is 0 Å². The molecule has 2 heterocycles. The van der Waals surface area contributed by atoms with Crippen LogP contribution in [0.2, 0.25) is 5.02 Å². The van der Waals surface area contributed by atoms with E-state index >= 15 is 0 Å². The van der Waals surface area contributed by atoms with Gasteiger partial charge in [-0.1, -0.05) is 11.6 Å². The van der Waals surface area contributed by atoms with Crippen LogP contribution in [-0.4, -0.2) is 13.1 Å². The fourth-order valence-electron chi connectivity index (χ4n) is 1.23. The number of hydrogen-bond acceptors (Lipinski definition) is 2. The second-order valence-corrected chi connectivity index (χ2v) is 4.33. The maximum absolute atomic E-state index is 5.95. The van der Waals surface area contributed by atoms with Crippen LogP contribution in [0.1, 0.15) is 4.88 Å². The Morgan fingerprint density at radius 2 is 2.45 bits per heavy atom. The fraction of sp³-hybridized carbons (Fsp3) is 0.500. The smallest absolute Gasteiger partial charge is 0.0545 e. The largest absolute Gasteiger partial charge is 0.316 e. The summed E-state index contributed by atoms with van der Waals surface area (Å²) in [6.07, 6.45) is 1.16. The topological polar surface area (TPSA) is 12.0 Å². The van der Waals surface area contributed by atoms with Gasteiger partial charge in [-0.2, -0.15) is 0 Å². The van der Waals surface area contributed by atoms with Gasteiger partial charge in [-0.3, -0.25) is 0 Å². The van der Waals surface area contributed by atoms with Gasteiger partial charge in [-0.25, -0.2) is 0 Å². The van der Waals surface area contributed by atoms with Crippen molar-refractivity contribution < 1.29 is 0 Å². The monoisotopic (exact) mass is 187 g/mol. The Hall–Kier alpha value is -0.0500. The van der Waals surface area contributed by atoms with Crippen molar-refractivity contribution in [3.8, 4) is 0 Å².